The Hall–Kier alpha value is -3.60. The van der Waals surface area contributed by atoms with E-state index in [0.717, 1.165) is 21.9 Å². The number of aryl methyl sites for hydroxylation is 1. The topological polar surface area (TPSA) is 132 Å². The van der Waals surface area contributed by atoms with E-state index in [4.69, 9.17) is 0 Å². The molecule has 2 aliphatic heterocycles. The normalized spacial score (nSPS) is 19.3. The van der Waals surface area contributed by atoms with E-state index < -0.39 is 71.4 Å². The number of H-pyrrole nitrogens is 1. The van der Waals surface area contributed by atoms with Gasteiger partial charge in [-0.3, -0.25) is 29.4 Å². The van der Waals surface area contributed by atoms with Crippen molar-refractivity contribution in [3.05, 3.63) is 66.0 Å². The number of alkyl halides is 5. The molecule has 2 aliphatic rings. The molecule has 1 atom stereocenters. The first kappa shape index (κ1) is 30.4. The molecule has 2 fully saturated rings. The maximum Gasteiger partial charge on any atom is 0.401 e. The van der Waals surface area contributed by atoms with Crippen LogP contribution in [0.1, 0.15) is 26.4 Å². The SMILES string of the molecule is Cc1cc(C(=O)N2CC(Nc3c(C(=O)N4CCN(CC(F)(F)F)CC4)cc(Br)cc3[N+](=O)[O-])C(F)(F)C2)cc(=O)[nH]1. The van der Waals surface area contributed by atoms with Gasteiger partial charge < -0.3 is 20.1 Å². The van der Waals surface area contributed by atoms with Crippen LogP contribution in [0.15, 0.2) is 33.5 Å². The number of likely N-dealkylation sites (tertiary alicyclic amines) is 1. The second kappa shape index (κ2) is 11.3. The molecule has 17 heteroatoms. The fourth-order valence-corrected chi connectivity index (χ4v) is 5.29. The first-order chi connectivity index (χ1) is 19.0. The van der Waals surface area contributed by atoms with Crippen molar-refractivity contribution in [2.75, 3.05) is 51.1 Å². The Morgan fingerprint density at radius 2 is 1.78 bits per heavy atom. The van der Waals surface area contributed by atoms with Crippen LogP contribution < -0.4 is 10.9 Å². The Kier molecular flexibility index (Phi) is 8.40. The summed E-state index contributed by atoms with van der Waals surface area (Å²) in [5.74, 6) is -5.23. The van der Waals surface area contributed by atoms with Gasteiger partial charge in [-0.15, -0.1) is 0 Å². The van der Waals surface area contributed by atoms with Gasteiger partial charge in [-0.2, -0.15) is 13.2 Å². The molecule has 0 bridgehead atoms. The second-order valence-corrected chi connectivity index (χ2v) is 10.8. The van der Waals surface area contributed by atoms with Gasteiger partial charge in [0.05, 0.1) is 23.6 Å². The molecular weight excluding hydrogens is 627 g/mol. The van der Waals surface area contributed by atoms with Crippen molar-refractivity contribution < 1.29 is 36.5 Å². The Morgan fingerprint density at radius 3 is 2.37 bits per heavy atom. The van der Waals surface area contributed by atoms with Gasteiger partial charge in [0.2, 0.25) is 5.56 Å². The Bertz CT molecular complexity index is 1430. The number of aromatic amines is 1. The van der Waals surface area contributed by atoms with Crippen molar-refractivity contribution in [1.29, 1.82) is 0 Å². The van der Waals surface area contributed by atoms with Crippen molar-refractivity contribution in [2.24, 2.45) is 0 Å². The van der Waals surface area contributed by atoms with Crippen molar-refractivity contribution in [1.82, 2.24) is 19.7 Å². The van der Waals surface area contributed by atoms with E-state index in [1.165, 1.54) is 24.0 Å². The molecule has 0 aliphatic carbocycles. The van der Waals surface area contributed by atoms with Gasteiger partial charge in [-0.25, -0.2) is 8.78 Å². The summed E-state index contributed by atoms with van der Waals surface area (Å²) in [6.07, 6.45) is -4.43. The average Bonchev–Trinajstić information content (AvgIpc) is 3.16. The van der Waals surface area contributed by atoms with E-state index in [2.05, 4.69) is 26.2 Å². The number of halogens is 6. The molecule has 2 aromatic rings. The number of rotatable bonds is 6. The van der Waals surface area contributed by atoms with Crippen LogP contribution in [0.3, 0.4) is 0 Å². The Balaban J connectivity index is 1.60. The summed E-state index contributed by atoms with van der Waals surface area (Å²) in [7, 11) is 0. The molecular formula is C24H24BrF5N6O5. The predicted molar refractivity (Wildman–Crippen MR) is 139 cm³/mol. The van der Waals surface area contributed by atoms with Crippen molar-refractivity contribution in [3.8, 4) is 0 Å². The fraction of sp³-hybridized carbons (Fsp3) is 0.458. The third-order valence-corrected chi connectivity index (χ3v) is 7.18. The van der Waals surface area contributed by atoms with Gasteiger partial charge in [-0.1, -0.05) is 15.9 Å². The zero-order valence-electron chi connectivity index (χ0n) is 21.4. The number of hydrogen-bond donors (Lipinski definition) is 2. The average molecular weight is 651 g/mol. The van der Waals surface area contributed by atoms with Crippen LogP contribution in [0.4, 0.5) is 33.3 Å². The lowest BCUT2D eigenvalue weighted by Crippen LogP contribution is -2.51. The molecule has 11 nitrogen and oxygen atoms in total. The van der Waals surface area contributed by atoms with Gasteiger partial charge in [0.1, 0.15) is 11.7 Å². The number of nitro groups is 1. The summed E-state index contributed by atoms with van der Waals surface area (Å²) in [6.45, 7) is -1.75. The molecule has 4 rings (SSSR count). The largest absolute Gasteiger partial charge is 0.401 e. The maximum absolute atomic E-state index is 15.2. The van der Waals surface area contributed by atoms with Gasteiger partial charge in [0, 0.05) is 60.6 Å². The van der Waals surface area contributed by atoms with Crippen LogP contribution in [-0.4, -0.2) is 100 Å². The van der Waals surface area contributed by atoms with Crippen molar-refractivity contribution >= 4 is 39.1 Å². The van der Waals surface area contributed by atoms with Crippen LogP contribution in [0.25, 0.3) is 0 Å². The first-order valence-corrected chi connectivity index (χ1v) is 13.0. The number of piperazine rings is 1. The van der Waals surface area contributed by atoms with Gasteiger partial charge in [0.15, 0.2) is 0 Å². The van der Waals surface area contributed by atoms with Crippen LogP contribution in [0, 0.1) is 17.0 Å². The number of anilines is 1. The summed E-state index contributed by atoms with van der Waals surface area (Å²) in [5.41, 5.74) is -1.90. The Morgan fingerprint density at radius 1 is 1.12 bits per heavy atom. The van der Waals surface area contributed by atoms with E-state index in [-0.39, 0.29) is 41.8 Å². The minimum atomic E-state index is -4.43. The molecule has 2 saturated heterocycles. The third kappa shape index (κ3) is 7.01. The predicted octanol–water partition coefficient (Wildman–Crippen LogP) is 3.25. The number of nitrogens with one attached hydrogen (secondary N) is 2. The molecule has 0 saturated carbocycles. The first-order valence-electron chi connectivity index (χ1n) is 12.2. The monoisotopic (exact) mass is 650 g/mol. The van der Waals surface area contributed by atoms with Crippen LogP contribution in [-0.2, 0) is 0 Å². The quantitative estimate of drug-likeness (QED) is 0.279. The van der Waals surface area contributed by atoms with Crippen molar-refractivity contribution in [3.63, 3.8) is 0 Å². The summed E-state index contributed by atoms with van der Waals surface area (Å²) >= 11 is 3.09. The maximum atomic E-state index is 15.2. The summed E-state index contributed by atoms with van der Waals surface area (Å²) in [5, 5.41) is 14.3. The minimum absolute atomic E-state index is 0.105. The number of nitrogens with zero attached hydrogens (tertiary/aromatic N) is 4. The standard InChI is InChI=1S/C24H24BrF5N6O5/c1-13-6-14(7-19(37)31-13)21(38)35-10-18(23(26,27)11-35)32-20-16(8-15(25)9-17(20)36(40)41)22(39)34-4-2-33(3-5-34)12-24(28,29)30/h6-9,18,32H,2-5,10-12H2,1H3,(H,31,37). The van der Waals surface area contributed by atoms with Crippen molar-refractivity contribution in [2.45, 2.75) is 25.1 Å². The van der Waals surface area contributed by atoms with E-state index >= 15 is 8.78 Å². The van der Waals surface area contributed by atoms with Crippen LogP contribution >= 0.6 is 15.9 Å². The zero-order chi connectivity index (χ0) is 30.3. The molecule has 0 radical (unpaired) electrons. The number of nitro benzene ring substituents is 1. The molecule has 3 heterocycles. The number of carbonyl (C=O) groups is 2. The molecule has 2 N–H and O–H groups in total. The molecule has 1 aromatic heterocycles. The lowest BCUT2D eigenvalue weighted by Gasteiger charge is -2.35. The number of amides is 2. The number of carbonyl (C=O) groups excluding carboxylic acids is 2. The Labute approximate surface area is 237 Å². The van der Waals surface area contributed by atoms with Gasteiger partial charge in [0.25, 0.3) is 23.4 Å². The number of hydrogen-bond acceptors (Lipinski definition) is 7. The molecule has 222 valence electrons. The van der Waals surface area contributed by atoms with E-state index in [1.54, 1.807) is 0 Å². The highest BCUT2D eigenvalue weighted by Gasteiger charge is 2.51. The van der Waals surface area contributed by atoms with E-state index in [1.807, 2.05) is 0 Å². The third-order valence-electron chi connectivity index (χ3n) is 6.72. The summed E-state index contributed by atoms with van der Waals surface area (Å²) in [4.78, 5) is 54.7. The molecule has 1 unspecified atom stereocenters. The number of pyridine rings is 1. The molecule has 2 amide bonds. The highest BCUT2D eigenvalue weighted by Crippen LogP contribution is 2.38. The lowest BCUT2D eigenvalue weighted by atomic mass is 10.1. The van der Waals surface area contributed by atoms with Gasteiger partial charge >= 0.3 is 6.18 Å². The van der Waals surface area contributed by atoms with Crippen LogP contribution in [0.5, 0.6) is 0 Å². The molecule has 0 spiro atoms. The fourth-order valence-electron chi connectivity index (χ4n) is 4.84. The number of aromatic nitrogens is 1. The van der Waals surface area contributed by atoms with Crippen LogP contribution in [0.2, 0.25) is 0 Å². The number of benzene rings is 1. The zero-order valence-corrected chi connectivity index (χ0v) is 23.0. The highest BCUT2D eigenvalue weighted by molar-refractivity contribution is 9.10. The molecule has 1 aromatic carbocycles. The van der Waals surface area contributed by atoms with E-state index in [9.17, 15) is 37.7 Å². The lowest BCUT2D eigenvalue weighted by molar-refractivity contribution is -0.384. The molecule has 41 heavy (non-hydrogen) atoms. The van der Waals surface area contributed by atoms with E-state index in [0.29, 0.717) is 5.69 Å². The second-order valence-electron chi connectivity index (χ2n) is 9.85. The highest BCUT2D eigenvalue weighted by atomic mass is 79.9. The smallest absolute Gasteiger partial charge is 0.369 e. The summed E-state index contributed by atoms with van der Waals surface area (Å²) < 4.78 is 68.7. The van der Waals surface area contributed by atoms with Gasteiger partial charge in [-0.05, 0) is 19.1 Å². The summed E-state index contributed by atoms with van der Waals surface area (Å²) in [6, 6.07) is 2.68. The minimum Gasteiger partial charge on any atom is -0.369 e.